The topological polar surface area (TPSA) is 53.4 Å². The van der Waals surface area contributed by atoms with Crippen molar-refractivity contribution in [3.8, 4) is 0 Å². The van der Waals surface area contributed by atoms with E-state index in [1.807, 2.05) is 47.4 Å². The lowest BCUT2D eigenvalue weighted by atomic mass is 9.89. The number of carbonyl (C=O) groups excluding carboxylic acids is 1. The van der Waals surface area contributed by atoms with Crippen molar-refractivity contribution < 1.29 is 9.90 Å². The van der Waals surface area contributed by atoms with Crippen LogP contribution in [-0.4, -0.2) is 40.6 Å². The van der Waals surface area contributed by atoms with Gasteiger partial charge in [0.2, 0.25) is 5.91 Å². The quantitative estimate of drug-likeness (QED) is 0.920. The van der Waals surface area contributed by atoms with Crippen molar-refractivity contribution in [3.63, 3.8) is 0 Å². The van der Waals surface area contributed by atoms with E-state index in [0.717, 1.165) is 30.5 Å². The first-order valence-electron chi connectivity index (χ1n) is 8.61. The van der Waals surface area contributed by atoms with Gasteiger partial charge >= 0.3 is 0 Å². The van der Waals surface area contributed by atoms with Gasteiger partial charge in [-0.2, -0.15) is 0 Å². The van der Waals surface area contributed by atoms with Crippen molar-refractivity contribution in [3.05, 3.63) is 66.0 Å². The summed E-state index contributed by atoms with van der Waals surface area (Å²) >= 11 is 0. The molecule has 1 amide bonds. The highest BCUT2D eigenvalue weighted by molar-refractivity contribution is 5.84. The number of hydrogen-bond acceptors (Lipinski definition) is 3. The highest BCUT2D eigenvalue weighted by Gasteiger charge is 2.29. The third kappa shape index (κ3) is 4.01. The molecule has 2 atom stereocenters. The fourth-order valence-electron chi connectivity index (χ4n) is 3.42. The molecule has 1 aromatic carbocycles. The van der Waals surface area contributed by atoms with E-state index in [-0.39, 0.29) is 24.3 Å². The lowest BCUT2D eigenvalue weighted by Gasteiger charge is -2.34. The fourth-order valence-corrected chi connectivity index (χ4v) is 3.42. The SMILES string of the molecule is O=C(C(Cc1ccncc1)c1ccccc1)N1CCCC(CO)C1. The zero-order valence-corrected chi connectivity index (χ0v) is 13.8. The van der Waals surface area contributed by atoms with Gasteiger partial charge in [0.1, 0.15) is 0 Å². The summed E-state index contributed by atoms with van der Waals surface area (Å²) in [6.45, 7) is 1.61. The second kappa shape index (κ2) is 8.06. The Hall–Kier alpha value is -2.20. The van der Waals surface area contributed by atoms with Gasteiger partial charge in [0.05, 0.1) is 5.92 Å². The molecule has 0 saturated carbocycles. The standard InChI is InChI=1S/C20H24N2O2/c23-15-17-5-4-12-22(14-17)20(24)19(18-6-2-1-3-7-18)13-16-8-10-21-11-9-16/h1-3,6-11,17,19,23H,4-5,12-15H2. The molecule has 1 aliphatic rings. The minimum Gasteiger partial charge on any atom is -0.396 e. The molecule has 1 aliphatic heterocycles. The van der Waals surface area contributed by atoms with E-state index in [0.29, 0.717) is 13.0 Å². The summed E-state index contributed by atoms with van der Waals surface area (Å²) < 4.78 is 0. The molecule has 1 fully saturated rings. The lowest BCUT2D eigenvalue weighted by Crippen LogP contribution is -2.43. The molecule has 2 aromatic rings. The first-order chi connectivity index (χ1) is 11.8. The summed E-state index contributed by atoms with van der Waals surface area (Å²) in [6, 6.07) is 13.9. The van der Waals surface area contributed by atoms with Crippen LogP contribution in [0.3, 0.4) is 0 Å². The molecule has 4 nitrogen and oxygen atoms in total. The van der Waals surface area contributed by atoms with E-state index in [4.69, 9.17) is 0 Å². The van der Waals surface area contributed by atoms with Crippen LogP contribution < -0.4 is 0 Å². The maximum absolute atomic E-state index is 13.2. The van der Waals surface area contributed by atoms with Gasteiger partial charge < -0.3 is 10.0 Å². The molecule has 1 aromatic heterocycles. The van der Waals surface area contributed by atoms with Crippen LogP contribution in [0.4, 0.5) is 0 Å². The first kappa shape index (κ1) is 16.7. The molecule has 2 unspecified atom stereocenters. The van der Waals surface area contributed by atoms with Crippen molar-refractivity contribution in [1.29, 1.82) is 0 Å². The number of hydrogen-bond donors (Lipinski definition) is 1. The van der Waals surface area contributed by atoms with Crippen molar-refractivity contribution in [1.82, 2.24) is 9.88 Å². The number of rotatable bonds is 5. The first-order valence-corrected chi connectivity index (χ1v) is 8.61. The number of piperidine rings is 1. The van der Waals surface area contributed by atoms with Crippen LogP contribution in [0.25, 0.3) is 0 Å². The molecule has 1 N–H and O–H groups in total. The number of nitrogens with zero attached hydrogens (tertiary/aromatic N) is 2. The monoisotopic (exact) mass is 324 g/mol. The molecule has 4 heteroatoms. The van der Waals surface area contributed by atoms with Crippen molar-refractivity contribution in [2.24, 2.45) is 5.92 Å². The summed E-state index contributed by atoms with van der Waals surface area (Å²) in [5.74, 6) is 0.183. The third-order valence-electron chi connectivity index (χ3n) is 4.78. The van der Waals surface area contributed by atoms with Crippen molar-refractivity contribution in [2.45, 2.75) is 25.2 Å². The molecule has 0 spiro atoms. The highest BCUT2D eigenvalue weighted by atomic mass is 16.3. The molecule has 3 rings (SSSR count). The highest BCUT2D eigenvalue weighted by Crippen LogP contribution is 2.26. The summed E-state index contributed by atoms with van der Waals surface area (Å²) in [7, 11) is 0. The normalized spacial score (nSPS) is 19.0. The summed E-state index contributed by atoms with van der Waals surface area (Å²) in [5.41, 5.74) is 2.16. The molecule has 0 bridgehead atoms. The number of likely N-dealkylation sites (tertiary alicyclic amines) is 1. The van der Waals surface area contributed by atoms with E-state index in [9.17, 15) is 9.90 Å². The Morgan fingerprint density at radius 2 is 1.96 bits per heavy atom. The lowest BCUT2D eigenvalue weighted by molar-refractivity contribution is -0.135. The van der Waals surface area contributed by atoms with E-state index in [2.05, 4.69) is 4.98 Å². The number of pyridine rings is 1. The van der Waals surface area contributed by atoms with E-state index in [1.165, 1.54) is 0 Å². The van der Waals surface area contributed by atoms with Gasteiger partial charge in [-0.1, -0.05) is 30.3 Å². The molecular formula is C20H24N2O2. The Morgan fingerprint density at radius 3 is 2.67 bits per heavy atom. The van der Waals surface area contributed by atoms with Gasteiger partial charge in [-0.25, -0.2) is 0 Å². The van der Waals surface area contributed by atoms with Crippen LogP contribution in [0.5, 0.6) is 0 Å². The Bertz CT molecular complexity index is 645. The van der Waals surface area contributed by atoms with E-state index in [1.54, 1.807) is 12.4 Å². The largest absolute Gasteiger partial charge is 0.396 e. The number of amides is 1. The van der Waals surface area contributed by atoms with Gasteiger partial charge in [0.15, 0.2) is 0 Å². The smallest absolute Gasteiger partial charge is 0.230 e. The van der Waals surface area contributed by atoms with Crippen LogP contribution in [-0.2, 0) is 11.2 Å². The van der Waals surface area contributed by atoms with Crippen LogP contribution in [0.2, 0.25) is 0 Å². The zero-order valence-electron chi connectivity index (χ0n) is 13.8. The minimum absolute atomic E-state index is 0.157. The van der Waals surface area contributed by atoms with Gasteiger partial charge in [0, 0.05) is 32.1 Å². The Kier molecular flexibility index (Phi) is 5.59. The fraction of sp³-hybridized carbons (Fsp3) is 0.400. The number of aromatic nitrogens is 1. The van der Waals surface area contributed by atoms with Gasteiger partial charge in [-0.15, -0.1) is 0 Å². The zero-order chi connectivity index (χ0) is 16.8. The maximum atomic E-state index is 13.2. The van der Waals surface area contributed by atoms with E-state index < -0.39 is 0 Å². The molecular weight excluding hydrogens is 300 g/mol. The van der Waals surface area contributed by atoms with Crippen LogP contribution in [0, 0.1) is 5.92 Å². The van der Waals surface area contributed by atoms with Crippen LogP contribution in [0.15, 0.2) is 54.9 Å². The number of aliphatic hydroxyl groups excluding tert-OH is 1. The summed E-state index contributed by atoms with van der Waals surface area (Å²) in [5, 5.41) is 9.44. The average Bonchev–Trinajstić information content (AvgIpc) is 2.67. The summed E-state index contributed by atoms with van der Waals surface area (Å²) in [6.07, 6.45) is 6.18. The molecule has 24 heavy (non-hydrogen) atoms. The number of benzene rings is 1. The Balaban J connectivity index is 1.82. The van der Waals surface area contributed by atoms with Crippen LogP contribution >= 0.6 is 0 Å². The van der Waals surface area contributed by atoms with Crippen LogP contribution in [0.1, 0.15) is 29.9 Å². The van der Waals surface area contributed by atoms with Crippen molar-refractivity contribution in [2.75, 3.05) is 19.7 Å². The van der Waals surface area contributed by atoms with Gasteiger partial charge in [-0.05, 0) is 48.4 Å². The predicted octanol–water partition coefficient (Wildman–Crippen LogP) is 2.64. The second-order valence-corrected chi connectivity index (χ2v) is 6.50. The maximum Gasteiger partial charge on any atom is 0.230 e. The molecule has 2 heterocycles. The molecule has 0 radical (unpaired) electrons. The summed E-state index contributed by atoms with van der Waals surface area (Å²) in [4.78, 5) is 19.2. The predicted molar refractivity (Wildman–Crippen MR) is 93.5 cm³/mol. The Labute approximate surface area is 143 Å². The molecule has 126 valence electrons. The molecule has 1 saturated heterocycles. The minimum atomic E-state index is -0.189. The molecule has 0 aliphatic carbocycles. The number of aliphatic hydroxyl groups is 1. The second-order valence-electron chi connectivity index (χ2n) is 6.50. The Morgan fingerprint density at radius 1 is 1.21 bits per heavy atom. The van der Waals surface area contributed by atoms with Gasteiger partial charge in [-0.3, -0.25) is 9.78 Å². The average molecular weight is 324 g/mol. The van der Waals surface area contributed by atoms with Gasteiger partial charge in [0.25, 0.3) is 0 Å². The number of carbonyl (C=O) groups is 1. The third-order valence-corrected chi connectivity index (χ3v) is 4.78. The van der Waals surface area contributed by atoms with Crippen molar-refractivity contribution >= 4 is 5.91 Å². The van der Waals surface area contributed by atoms with E-state index >= 15 is 0 Å².